The van der Waals surface area contributed by atoms with Gasteiger partial charge in [-0.15, -0.1) is 0 Å². The van der Waals surface area contributed by atoms with E-state index >= 15 is 0 Å². The minimum atomic E-state index is -2.91. The number of benzene rings is 2. The SMILES string of the molecule is [2H]C([2H])([2H])C([2H])([2H])C(CO)(c1ccccc1)N(C)Cc1ccccc1. The third-order valence-corrected chi connectivity index (χ3v) is 3.60. The number of rotatable bonds is 6. The average Bonchev–Trinajstić information content (AvgIpc) is 2.56. The molecule has 0 aliphatic rings. The standard InChI is InChI=1S/C18H23NO/c1-3-18(15-20,17-12-8-5-9-13-17)19(2)14-16-10-6-4-7-11-16/h4-13,20H,3,14-15H2,1-2H3/i1D3,3D2. The number of nitrogens with zero attached hydrogens (tertiary/aromatic N) is 1. The average molecular weight is 274 g/mol. The lowest BCUT2D eigenvalue weighted by Gasteiger charge is -2.40. The van der Waals surface area contributed by atoms with E-state index in [2.05, 4.69) is 0 Å². The molecule has 0 bridgehead atoms. The summed E-state index contributed by atoms with van der Waals surface area (Å²) >= 11 is 0. The van der Waals surface area contributed by atoms with E-state index in [9.17, 15) is 5.11 Å². The van der Waals surface area contributed by atoms with Crippen LogP contribution in [0.1, 0.15) is 31.2 Å². The molecule has 2 nitrogen and oxygen atoms in total. The third kappa shape index (κ3) is 2.92. The lowest BCUT2D eigenvalue weighted by Crippen LogP contribution is -2.46. The molecule has 2 rings (SSSR count). The van der Waals surface area contributed by atoms with E-state index in [4.69, 9.17) is 6.85 Å². The number of aliphatic hydroxyl groups excluding tert-OH is 1. The van der Waals surface area contributed by atoms with E-state index in [-0.39, 0.29) is 0 Å². The Labute approximate surface area is 128 Å². The van der Waals surface area contributed by atoms with Crippen molar-refractivity contribution in [1.29, 1.82) is 0 Å². The van der Waals surface area contributed by atoms with Crippen LogP contribution >= 0.6 is 0 Å². The molecule has 0 radical (unpaired) electrons. The van der Waals surface area contributed by atoms with E-state index in [0.29, 0.717) is 12.1 Å². The molecule has 0 heterocycles. The van der Waals surface area contributed by atoms with Crippen LogP contribution < -0.4 is 0 Å². The maximum atomic E-state index is 10.2. The van der Waals surface area contributed by atoms with Crippen LogP contribution in [0.4, 0.5) is 0 Å². The van der Waals surface area contributed by atoms with Gasteiger partial charge in [-0.3, -0.25) is 4.90 Å². The van der Waals surface area contributed by atoms with Crippen molar-refractivity contribution in [1.82, 2.24) is 4.90 Å². The summed E-state index contributed by atoms with van der Waals surface area (Å²) in [4.78, 5) is 1.59. The van der Waals surface area contributed by atoms with Crippen molar-refractivity contribution < 1.29 is 12.0 Å². The molecule has 0 saturated heterocycles. The summed E-state index contributed by atoms with van der Waals surface area (Å²) < 4.78 is 40.0. The third-order valence-electron chi connectivity index (χ3n) is 3.60. The first-order valence-corrected chi connectivity index (χ1v) is 6.58. The Bertz CT molecular complexity index is 675. The highest BCUT2D eigenvalue weighted by Gasteiger charge is 2.33. The van der Waals surface area contributed by atoms with E-state index in [1.54, 1.807) is 42.3 Å². The second-order valence-electron chi connectivity index (χ2n) is 4.85. The summed E-state index contributed by atoms with van der Waals surface area (Å²) in [6, 6.07) is 17.9. The van der Waals surface area contributed by atoms with Crippen molar-refractivity contribution >= 4 is 0 Å². The summed E-state index contributed by atoms with van der Waals surface area (Å²) in [6.07, 6.45) is -2.67. The van der Waals surface area contributed by atoms with Gasteiger partial charge in [0.15, 0.2) is 0 Å². The predicted octanol–water partition coefficient (Wildman–Crippen LogP) is 3.42. The molecular formula is C18H23NO. The molecule has 1 N–H and O–H groups in total. The van der Waals surface area contributed by atoms with Crippen LogP contribution in [0, 0.1) is 0 Å². The first-order chi connectivity index (χ1) is 11.7. The Hall–Kier alpha value is -1.64. The van der Waals surface area contributed by atoms with Crippen LogP contribution in [0.3, 0.4) is 0 Å². The molecule has 0 saturated carbocycles. The van der Waals surface area contributed by atoms with E-state index in [0.717, 1.165) is 5.56 Å². The van der Waals surface area contributed by atoms with Gasteiger partial charge in [-0.1, -0.05) is 67.5 Å². The van der Waals surface area contributed by atoms with Gasteiger partial charge < -0.3 is 5.11 Å². The monoisotopic (exact) mass is 274 g/mol. The fourth-order valence-electron chi connectivity index (χ4n) is 2.35. The van der Waals surface area contributed by atoms with Crippen LogP contribution in [-0.2, 0) is 12.1 Å². The summed E-state index contributed by atoms with van der Waals surface area (Å²) in [7, 11) is 1.64. The smallest absolute Gasteiger partial charge is 0.0691 e. The highest BCUT2D eigenvalue weighted by molar-refractivity contribution is 5.25. The second kappa shape index (κ2) is 6.69. The Kier molecular flexibility index (Phi) is 3.12. The van der Waals surface area contributed by atoms with Gasteiger partial charge in [0, 0.05) is 13.4 Å². The van der Waals surface area contributed by atoms with Crippen LogP contribution in [0.15, 0.2) is 60.7 Å². The molecule has 0 aromatic heterocycles. The molecule has 0 fully saturated rings. The fourth-order valence-corrected chi connectivity index (χ4v) is 2.35. The number of aliphatic hydroxyl groups is 1. The van der Waals surface area contributed by atoms with Crippen molar-refractivity contribution in [2.24, 2.45) is 0 Å². The molecular weight excluding hydrogens is 246 g/mol. The molecule has 106 valence electrons. The van der Waals surface area contributed by atoms with Gasteiger partial charge in [0.25, 0.3) is 0 Å². The van der Waals surface area contributed by atoms with Gasteiger partial charge in [0.05, 0.1) is 12.1 Å². The normalized spacial score (nSPS) is 19.2. The van der Waals surface area contributed by atoms with Crippen molar-refractivity contribution in [2.75, 3.05) is 13.7 Å². The quantitative estimate of drug-likeness (QED) is 0.872. The highest BCUT2D eigenvalue weighted by Crippen LogP contribution is 2.31. The molecule has 20 heavy (non-hydrogen) atoms. The van der Waals surface area contributed by atoms with Crippen LogP contribution in [0.2, 0.25) is 0 Å². The summed E-state index contributed by atoms with van der Waals surface area (Å²) in [5, 5.41) is 10.2. The van der Waals surface area contributed by atoms with Gasteiger partial charge in [-0.25, -0.2) is 0 Å². The second-order valence-corrected chi connectivity index (χ2v) is 4.85. The molecule has 1 unspecified atom stereocenters. The first kappa shape index (κ1) is 9.32. The number of hydrogen-bond acceptors (Lipinski definition) is 2. The molecule has 0 aliphatic carbocycles. The molecule has 2 heteroatoms. The van der Waals surface area contributed by atoms with Gasteiger partial charge in [-0.05, 0) is 24.5 Å². The largest absolute Gasteiger partial charge is 0.394 e. The lowest BCUT2D eigenvalue weighted by molar-refractivity contribution is 0.0366. The summed E-state index contributed by atoms with van der Waals surface area (Å²) in [6.45, 7) is -3.27. The fraction of sp³-hybridized carbons (Fsp3) is 0.333. The molecule has 2 aromatic carbocycles. The Morgan fingerprint density at radius 2 is 1.70 bits per heavy atom. The van der Waals surface area contributed by atoms with Crippen LogP contribution in [0.25, 0.3) is 0 Å². The minimum absolute atomic E-state index is 0.298. The number of hydrogen-bond donors (Lipinski definition) is 1. The Morgan fingerprint density at radius 1 is 1.10 bits per heavy atom. The Morgan fingerprint density at radius 3 is 2.25 bits per heavy atom. The van der Waals surface area contributed by atoms with Gasteiger partial charge in [-0.2, -0.15) is 0 Å². The van der Waals surface area contributed by atoms with E-state index < -0.39 is 25.4 Å². The Balaban J connectivity index is 2.59. The van der Waals surface area contributed by atoms with Crippen LogP contribution in [0.5, 0.6) is 0 Å². The van der Waals surface area contributed by atoms with Gasteiger partial charge >= 0.3 is 0 Å². The van der Waals surface area contributed by atoms with Crippen molar-refractivity contribution in [2.45, 2.75) is 25.3 Å². The van der Waals surface area contributed by atoms with Crippen LogP contribution in [-0.4, -0.2) is 23.7 Å². The first-order valence-electron chi connectivity index (χ1n) is 9.08. The maximum absolute atomic E-state index is 10.2. The van der Waals surface area contributed by atoms with Crippen molar-refractivity contribution in [3.05, 3.63) is 71.8 Å². The van der Waals surface area contributed by atoms with E-state index in [1.165, 1.54) is 0 Å². The van der Waals surface area contributed by atoms with Gasteiger partial charge in [0.2, 0.25) is 0 Å². The minimum Gasteiger partial charge on any atom is -0.394 e. The van der Waals surface area contributed by atoms with Crippen molar-refractivity contribution in [3.63, 3.8) is 0 Å². The topological polar surface area (TPSA) is 23.5 Å². The zero-order valence-corrected chi connectivity index (χ0v) is 11.6. The van der Waals surface area contributed by atoms with E-state index in [1.807, 2.05) is 30.3 Å². The molecule has 2 aromatic rings. The van der Waals surface area contributed by atoms with Gasteiger partial charge in [0.1, 0.15) is 0 Å². The highest BCUT2D eigenvalue weighted by atomic mass is 16.3. The maximum Gasteiger partial charge on any atom is 0.0691 e. The number of likely N-dealkylation sites (N-methyl/N-ethyl adjacent to an activating group) is 1. The molecule has 0 spiro atoms. The van der Waals surface area contributed by atoms with Crippen molar-refractivity contribution in [3.8, 4) is 0 Å². The predicted molar refractivity (Wildman–Crippen MR) is 83.4 cm³/mol. The summed E-state index contributed by atoms with van der Waals surface area (Å²) in [5.74, 6) is 0. The molecule has 0 aliphatic heterocycles. The molecule has 1 atom stereocenters. The summed E-state index contributed by atoms with van der Waals surface area (Å²) in [5.41, 5.74) is -0.382. The zero-order chi connectivity index (χ0) is 18.7. The zero-order valence-electron chi connectivity index (χ0n) is 16.6. The lowest BCUT2D eigenvalue weighted by atomic mass is 9.86. The molecule has 0 amide bonds.